The van der Waals surface area contributed by atoms with Crippen LogP contribution in [0.15, 0.2) is 41.3 Å². The largest absolute Gasteiger partial charge is 0.494 e. The second-order valence-electron chi connectivity index (χ2n) is 7.68. The SMILES string of the molecule is COc1cccc(OC)c1-n1c(CS(=O)(=O)[C@H](C)Cc2ncc(F)cn2)nnc1-c1coc(C)n1. The van der Waals surface area contributed by atoms with Crippen molar-refractivity contribution in [1.82, 2.24) is 29.7 Å². The highest BCUT2D eigenvalue weighted by molar-refractivity contribution is 7.91. The highest BCUT2D eigenvalue weighted by Gasteiger charge is 2.30. The number of aryl methyl sites for hydroxylation is 1. The van der Waals surface area contributed by atoms with Crippen LogP contribution in [0.3, 0.4) is 0 Å². The van der Waals surface area contributed by atoms with E-state index in [0.29, 0.717) is 28.8 Å². The number of benzene rings is 1. The third-order valence-electron chi connectivity index (χ3n) is 5.29. The molecule has 1 aromatic carbocycles. The molecule has 0 unspecified atom stereocenters. The zero-order chi connectivity index (χ0) is 25.2. The fourth-order valence-electron chi connectivity index (χ4n) is 3.48. The lowest BCUT2D eigenvalue weighted by Crippen LogP contribution is -2.24. The fraction of sp³-hybridized carbons (Fsp3) is 0.318. The molecule has 0 N–H and O–H groups in total. The summed E-state index contributed by atoms with van der Waals surface area (Å²) in [4.78, 5) is 12.0. The molecule has 0 fully saturated rings. The van der Waals surface area contributed by atoms with E-state index in [1.807, 2.05) is 0 Å². The van der Waals surface area contributed by atoms with Crippen molar-refractivity contribution in [3.05, 3.63) is 60.2 Å². The normalized spacial score (nSPS) is 12.5. The number of aromatic nitrogens is 6. The molecule has 0 aliphatic heterocycles. The summed E-state index contributed by atoms with van der Waals surface area (Å²) >= 11 is 0. The van der Waals surface area contributed by atoms with Crippen molar-refractivity contribution >= 4 is 9.84 Å². The Morgan fingerprint density at radius 2 is 1.77 bits per heavy atom. The molecule has 0 aliphatic carbocycles. The minimum atomic E-state index is -3.78. The Kier molecular flexibility index (Phi) is 6.78. The van der Waals surface area contributed by atoms with Gasteiger partial charge in [-0.15, -0.1) is 10.2 Å². The van der Waals surface area contributed by atoms with Crippen LogP contribution in [0.5, 0.6) is 11.5 Å². The molecular formula is C22H23FN6O5S. The van der Waals surface area contributed by atoms with Crippen LogP contribution in [0.25, 0.3) is 17.2 Å². The van der Waals surface area contributed by atoms with Crippen molar-refractivity contribution in [3.63, 3.8) is 0 Å². The topological polar surface area (TPSA) is 135 Å². The number of ether oxygens (including phenoxy) is 2. The van der Waals surface area contributed by atoms with Gasteiger partial charge in [-0.05, 0) is 19.1 Å². The molecule has 0 aliphatic rings. The summed E-state index contributed by atoms with van der Waals surface area (Å²) < 4.78 is 57.7. The second-order valence-corrected chi connectivity index (χ2v) is 10.1. The van der Waals surface area contributed by atoms with E-state index in [1.54, 1.807) is 25.1 Å². The number of para-hydroxylation sites is 1. The van der Waals surface area contributed by atoms with Crippen molar-refractivity contribution in [2.24, 2.45) is 0 Å². The molecule has 184 valence electrons. The standard InChI is InChI=1S/C22H23FN6O5S/c1-13(8-19-24-9-15(23)10-25-19)35(30,31)12-20-27-28-22(16-11-34-14(2)26-16)29(20)21-17(32-3)6-5-7-18(21)33-4/h5-7,9-11,13H,8,12H2,1-4H3/t13-/m1/s1. The van der Waals surface area contributed by atoms with Gasteiger partial charge in [-0.3, -0.25) is 4.57 Å². The number of rotatable bonds is 9. The quantitative estimate of drug-likeness (QED) is 0.336. The van der Waals surface area contributed by atoms with Crippen molar-refractivity contribution < 1.29 is 26.7 Å². The Hall–Kier alpha value is -3.87. The van der Waals surface area contributed by atoms with Gasteiger partial charge in [0.25, 0.3) is 0 Å². The second kappa shape index (κ2) is 9.78. The maximum absolute atomic E-state index is 13.3. The summed E-state index contributed by atoms with van der Waals surface area (Å²) in [6.45, 7) is 3.22. The molecule has 0 radical (unpaired) electrons. The van der Waals surface area contributed by atoms with Crippen LogP contribution >= 0.6 is 0 Å². The summed E-state index contributed by atoms with van der Waals surface area (Å²) in [6, 6.07) is 5.16. The Balaban J connectivity index is 1.79. The Bertz CT molecular complexity index is 1410. The first-order chi connectivity index (χ1) is 16.7. The lowest BCUT2D eigenvalue weighted by atomic mass is 10.2. The average molecular weight is 503 g/mol. The molecule has 0 saturated carbocycles. The first-order valence-electron chi connectivity index (χ1n) is 10.5. The lowest BCUT2D eigenvalue weighted by Gasteiger charge is -2.17. The van der Waals surface area contributed by atoms with E-state index in [2.05, 4.69) is 25.1 Å². The Morgan fingerprint density at radius 3 is 2.34 bits per heavy atom. The van der Waals surface area contributed by atoms with Crippen molar-refractivity contribution in [1.29, 1.82) is 0 Å². The molecule has 4 rings (SSSR count). The summed E-state index contributed by atoms with van der Waals surface area (Å²) in [5, 5.41) is 7.51. The molecular weight excluding hydrogens is 479 g/mol. The van der Waals surface area contributed by atoms with E-state index in [0.717, 1.165) is 12.4 Å². The van der Waals surface area contributed by atoms with Crippen LogP contribution in [0.1, 0.15) is 24.5 Å². The van der Waals surface area contributed by atoms with Gasteiger partial charge in [0.05, 0.1) is 31.9 Å². The van der Waals surface area contributed by atoms with Crippen LogP contribution in [0, 0.1) is 12.7 Å². The van der Waals surface area contributed by atoms with Crippen LogP contribution in [-0.2, 0) is 22.0 Å². The zero-order valence-electron chi connectivity index (χ0n) is 19.5. The lowest BCUT2D eigenvalue weighted by molar-refractivity contribution is 0.390. The summed E-state index contributed by atoms with van der Waals surface area (Å²) in [7, 11) is -0.798. The first kappa shape index (κ1) is 24.3. The van der Waals surface area contributed by atoms with Crippen molar-refractivity contribution in [2.75, 3.05) is 14.2 Å². The minimum Gasteiger partial charge on any atom is -0.494 e. The maximum atomic E-state index is 13.3. The number of halogens is 1. The van der Waals surface area contributed by atoms with Gasteiger partial charge < -0.3 is 13.9 Å². The predicted octanol–water partition coefficient (Wildman–Crippen LogP) is 2.72. The number of nitrogens with zero attached hydrogens (tertiary/aromatic N) is 6. The number of hydrogen-bond donors (Lipinski definition) is 0. The van der Waals surface area contributed by atoms with Gasteiger partial charge in [0.15, 0.2) is 33.2 Å². The monoisotopic (exact) mass is 502 g/mol. The highest BCUT2D eigenvalue weighted by atomic mass is 32.2. The number of sulfone groups is 1. The molecule has 3 aromatic heterocycles. The van der Waals surface area contributed by atoms with E-state index in [4.69, 9.17) is 13.9 Å². The molecule has 0 saturated heterocycles. The summed E-state index contributed by atoms with van der Waals surface area (Å²) in [5.41, 5.74) is 0.775. The van der Waals surface area contributed by atoms with E-state index < -0.39 is 26.7 Å². The molecule has 3 heterocycles. The molecule has 4 aromatic rings. The highest BCUT2D eigenvalue weighted by Crippen LogP contribution is 2.36. The Labute approximate surface area is 200 Å². The maximum Gasteiger partial charge on any atom is 0.191 e. The van der Waals surface area contributed by atoms with Gasteiger partial charge in [0.2, 0.25) is 0 Å². The van der Waals surface area contributed by atoms with Crippen LogP contribution < -0.4 is 9.47 Å². The molecule has 0 amide bonds. The average Bonchev–Trinajstić information content (AvgIpc) is 3.45. The number of hydrogen-bond acceptors (Lipinski definition) is 10. The van der Waals surface area contributed by atoms with Gasteiger partial charge in [-0.25, -0.2) is 27.8 Å². The van der Waals surface area contributed by atoms with Crippen LogP contribution in [-0.4, -0.2) is 57.6 Å². The predicted molar refractivity (Wildman–Crippen MR) is 122 cm³/mol. The van der Waals surface area contributed by atoms with Gasteiger partial charge in [0, 0.05) is 13.3 Å². The van der Waals surface area contributed by atoms with Crippen LogP contribution in [0.2, 0.25) is 0 Å². The molecule has 0 spiro atoms. The zero-order valence-corrected chi connectivity index (χ0v) is 20.3. The molecule has 35 heavy (non-hydrogen) atoms. The van der Waals surface area contributed by atoms with E-state index >= 15 is 0 Å². The number of methoxy groups -OCH3 is 2. The van der Waals surface area contributed by atoms with E-state index in [-0.39, 0.29) is 23.9 Å². The fourth-order valence-corrected chi connectivity index (χ4v) is 4.71. The van der Waals surface area contributed by atoms with Crippen molar-refractivity contribution in [2.45, 2.75) is 31.3 Å². The van der Waals surface area contributed by atoms with E-state index in [1.165, 1.54) is 32.0 Å². The molecule has 11 nitrogen and oxygen atoms in total. The van der Waals surface area contributed by atoms with Crippen molar-refractivity contribution in [3.8, 4) is 28.7 Å². The van der Waals surface area contributed by atoms with Crippen LogP contribution in [0.4, 0.5) is 4.39 Å². The third-order valence-corrected chi connectivity index (χ3v) is 7.34. The van der Waals surface area contributed by atoms with Gasteiger partial charge in [0.1, 0.15) is 40.7 Å². The first-order valence-corrected chi connectivity index (χ1v) is 12.2. The smallest absolute Gasteiger partial charge is 0.191 e. The molecule has 13 heteroatoms. The van der Waals surface area contributed by atoms with Gasteiger partial charge >= 0.3 is 0 Å². The number of oxazole rings is 1. The summed E-state index contributed by atoms with van der Waals surface area (Å²) in [5.74, 6) is 0.769. The third kappa shape index (κ3) is 4.99. The van der Waals surface area contributed by atoms with E-state index in [9.17, 15) is 12.8 Å². The molecule has 0 bridgehead atoms. The Morgan fingerprint density at radius 1 is 1.11 bits per heavy atom. The summed E-state index contributed by atoms with van der Waals surface area (Å²) in [6.07, 6.45) is 3.41. The van der Waals surface area contributed by atoms with Gasteiger partial charge in [-0.2, -0.15) is 0 Å². The molecule has 1 atom stereocenters. The van der Waals surface area contributed by atoms with Gasteiger partial charge in [-0.1, -0.05) is 6.07 Å². The minimum absolute atomic E-state index is 0.00404.